The Kier molecular flexibility index (Phi) is 7.70. The Morgan fingerprint density at radius 2 is 1.96 bits per heavy atom. The molecule has 2 rings (SSSR count). The van der Waals surface area contributed by atoms with E-state index in [9.17, 15) is 9.59 Å². The van der Waals surface area contributed by atoms with Gasteiger partial charge in [-0.1, -0.05) is 25.3 Å². The van der Waals surface area contributed by atoms with Gasteiger partial charge in [0.25, 0.3) is 0 Å². The van der Waals surface area contributed by atoms with Crippen LogP contribution in [-0.2, 0) is 4.79 Å². The monoisotopic (exact) mass is 346 g/mol. The first-order valence-corrected chi connectivity index (χ1v) is 9.25. The average molecular weight is 346 g/mol. The van der Waals surface area contributed by atoms with Gasteiger partial charge in [0.15, 0.2) is 0 Å². The van der Waals surface area contributed by atoms with Gasteiger partial charge in [0, 0.05) is 39.0 Å². The molecule has 0 unspecified atom stereocenters. The Hall–Kier alpha value is -2.11. The lowest BCUT2D eigenvalue weighted by atomic mass is 9.87. The van der Waals surface area contributed by atoms with Crippen molar-refractivity contribution in [2.24, 2.45) is 5.92 Å². The fraction of sp³-hybridized carbons (Fsp3) is 0.632. The first-order chi connectivity index (χ1) is 12.1. The van der Waals surface area contributed by atoms with Crippen molar-refractivity contribution in [3.05, 3.63) is 30.1 Å². The molecule has 1 fully saturated rings. The maximum atomic E-state index is 12.2. The zero-order valence-electron chi connectivity index (χ0n) is 15.3. The van der Waals surface area contributed by atoms with E-state index in [-0.39, 0.29) is 18.0 Å². The lowest BCUT2D eigenvalue weighted by Gasteiger charge is -2.25. The van der Waals surface area contributed by atoms with E-state index in [1.165, 1.54) is 32.1 Å². The van der Waals surface area contributed by atoms with Crippen molar-refractivity contribution in [3.63, 3.8) is 0 Å². The molecule has 1 aromatic heterocycles. The smallest absolute Gasteiger partial charge is 0.317 e. The molecule has 1 aromatic rings. The summed E-state index contributed by atoms with van der Waals surface area (Å²) in [5.41, 5.74) is 0.987. The predicted molar refractivity (Wildman–Crippen MR) is 98.0 cm³/mol. The minimum atomic E-state index is -0.155. The minimum Gasteiger partial charge on any atom is -0.354 e. The molecule has 6 heteroatoms. The van der Waals surface area contributed by atoms with E-state index < -0.39 is 0 Å². The van der Waals surface area contributed by atoms with Crippen LogP contribution in [0, 0.1) is 5.92 Å². The van der Waals surface area contributed by atoms with Crippen LogP contribution in [0.5, 0.6) is 0 Å². The molecule has 1 aliphatic carbocycles. The van der Waals surface area contributed by atoms with Crippen molar-refractivity contribution >= 4 is 11.9 Å². The highest BCUT2D eigenvalue weighted by Crippen LogP contribution is 2.25. The maximum Gasteiger partial charge on any atom is 0.317 e. The average Bonchev–Trinajstić information content (AvgIpc) is 2.65. The molecule has 1 heterocycles. The first-order valence-electron chi connectivity index (χ1n) is 9.25. The predicted octanol–water partition coefficient (Wildman–Crippen LogP) is 2.87. The summed E-state index contributed by atoms with van der Waals surface area (Å²) < 4.78 is 0. The molecule has 3 amide bonds. The molecule has 2 N–H and O–H groups in total. The minimum absolute atomic E-state index is 0.0606. The third-order valence-electron chi connectivity index (χ3n) is 4.99. The molecule has 1 atom stereocenters. The van der Waals surface area contributed by atoms with Crippen LogP contribution in [0.2, 0.25) is 0 Å². The number of carbonyl (C=O) groups is 2. The molecule has 0 aromatic carbocycles. The van der Waals surface area contributed by atoms with Crippen molar-refractivity contribution in [3.8, 4) is 0 Å². The van der Waals surface area contributed by atoms with E-state index in [1.807, 2.05) is 19.1 Å². The third kappa shape index (κ3) is 6.36. The number of rotatable bonds is 7. The molecule has 25 heavy (non-hydrogen) atoms. The van der Waals surface area contributed by atoms with E-state index >= 15 is 0 Å². The van der Waals surface area contributed by atoms with E-state index in [0.717, 1.165) is 5.56 Å². The van der Waals surface area contributed by atoms with Gasteiger partial charge >= 0.3 is 6.03 Å². The molecule has 1 saturated carbocycles. The Morgan fingerprint density at radius 1 is 1.24 bits per heavy atom. The van der Waals surface area contributed by atoms with Gasteiger partial charge in [-0.15, -0.1) is 0 Å². The van der Waals surface area contributed by atoms with Crippen molar-refractivity contribution in [2.45, 2.75) is 51.5 Å². The standard InChI is InChI=1S/C19H30N4O2/c1-15(17-9-6-10-20-14-17)23(2)19(25)22-12-11-21-18(24)13-16-7-4-3-5-8-16/h6,9-10,14-16H,3-5,7-8,11-13H2,1-2H3,(H,21,24)(H,22,25)/t15-/m1/s1. The summed E-state index contributed by atoms with van der Waals surface area (Å²) in [5.74, 6) is 0.632. The summed E-state index contributed by atoms with van der Waals surface area (Å²) in [7, 11) is 1.76. The summed E-state index contributed by atoms with van der Waals surface area (Å²) >= 11 is 0. The second-order valence-electron chi connectivity index (χ2n) is 6.86. The van der Waals surface area contributed by atoms with Crippen LogP contribution in [0.1, 0.15) is 57.1 Å². The lowest BCUT2D eigenvalue weighted by molar-refractivity contribution is -0.122. The van der Waals surface area contributed by atoms with Crippen LogP contribution in [0.3, 0.4) is 0 Å². The first kappa shape index (κ1) is 19.2. The Bertz CT molecular complexity index is 544. The molecule has 0 saturated heterocycles. The Morgan fingerprint density at radius 3 is 2.64 bits per heavy atom. The van der Waals surface area contributed by atoms with Crippen molar-refractivity contribution in [1.29, 1.82) is 0 Å². The SMILES string of the molecule is C[C@H](c1cccnc1)N(C)C(=O)NCCNC(=O)CC1CCCCC1. The highest BCUT2D eigenvalue weighted by Gasteiger charge is 2.18. The van der Waals surface area contributed by atoms with Gasteiger partial charge in [-0.2, -0.15) is 0 Å². The summed E-state index contributed by atoms with van der Waals surface area (Å²) in [6.45, 7) is 2.86. The van der Waals surface area contributed by atoms with Crippen LogP contribution in [0.25, 0.3) is 0 Å². The summed E-state index contributed by atoms with van der Waals surface area (Å²) in [5, 5.41) is 5.75. The second kappa shape index (κ2) is 10.0. The van der Waals surface area contributed by atoms with Crippen LogP contribution in [0.15, 0.2) is 24.5 Å². The summed E-state index contributed by atoms with van der Waals surface area (Å²) in [4.78, 5) is 29.9. The third-order valence-corrected chi connectivity index (χ3v) is 4.99. The molecule has 0 radical (unpaired) electrons. The molecule has 0 bridgehead atoms. The van der Waals surface area contributed by atoms with Crippen LogP contribution >= 0.6 is 0 Å². The number of hydrogen-bond donors (Lipinski definition) is 2. The topological polar surface area (TPSA) is 74.3 Å². The van der Waals surface area contributed by atoms with E-state index in [4.69, 9.17) is 0 Å². The molecule has 0 aliphatic heterocycles. The number of amides is 3. The summed E-state index contributed by atoms with van der Waals surface area (Å²) in [6.07, 6.45) is 10.2. The summed E-state index contributed by atoms with van der Waals surface area (Å²) in [6, 6.07) is 3.60. The number of aromatic nitrogens is 1. The van der Waals surface area contributed by atoms with Crippen LogP contribution < -0.4 is 10.6 Å². The highest BCUT2D eigenvalue weighted by molar-refractivity contribution is 5.76. The number of hydrogen-bond acceptors (Lipinski definition) is 3. The molecule has 0 spiro atoms. The largest absolute Gasteiger partial charge is 0.354 e. The quantitative estimate of drug-likeness (QED) is 0.746. The lowest BCUT2D eigenvalue weighted by Crippen LogP contribution is -2.42. The highest BCUT2D eigenvalue weighted by atomic mass is 16.2. The fourth-order valence-electron chi connectivity index (χ4n) is 3.24. The van der Waals surface area contributed by atoms with Gasteiger partial charge in [0.2, 0.25) is 5.91 Å². The van der Waals surface area contributed by atoms with Gasteiger partial charge in [-0.25, -0.2) is 4.79 Å². The van der Waals surface area contributed by atoms with E-state index in [1.54, 1.807) is 24.3 Å². The Balaban J connectivity index is 1.63. The number of nitrogens with zero attached hydrogens (tertiary/aromatic N) is 2. The number of urea groups is 1. The maximum absolute atomic E-state index is 12.2. The fourth-order valence-corrected chi connectivity index (χ4v) is 3.24. The van der Waals surface area contributed by atoms with Gasteiger partial charge in [-0.3, -0.25) is 9.78 Å². The molecule has 1 aliphatic rings. The molecule has 6 nitrogen and oxygen atoms in total. The Labute approximate surface area is 150 Å². The number of carbonyl (C=O) groups excluding carboxylic acids is 2. The molecule has 138 valence electrons. The second-order valence-corrected chi connectivity index (χ2v) is 6.86. The van der Waals surface area contributed by atoms with Crippen LogP contribution in [-0.4, -0.2) is 42.0 Å². The van der Waals surface area contributed by atoms with E-state index in [2.05, 4.69) is 15.6 Å². The van der Waals surface area contributed by atoms with Crippen LogP contribution in [0.4, 0.5) is 4.79 Å². The van der Waals surface area contributed by atoms with Gasteiger partial charge in [-0.05, 0) is 37.3 Å². The normalized spacial score (nSPS) is 16.1. The van der Waals surface area contributed by atoms with Crippen molar-refractivity contribution < 1.29 is 9.59 Å². The molecular formula is C19H30N4O2. The number of pyridine rings is 1. The number of nitrogens with one attached hydrogen (secondary N) is 2. The van der Waals surface area contributed by atoms with Gasteiger partial charge < -0.3 is 15.5 Å². The van der Waals surface area contributed by atoms with Gasteiger partial charge in [0.1, 0.15) is 0 Å². The van der Waals surface area contributed by atoms with Crippen molar-refractivity contribution in [1.82, 2.24) is 20.5 Å². The zero-order valence-corrected chi connectivity index (χ0v) is 15.3. The van der Waals surface area contributed by atoms with Gasteiger partial charge in [0.05, 0.1) is 6.04 Å². The van der Waals surface area contributed by atoms with Crippen molar-refractivity contribution in [2.75, 3.05) is 20.1 Å². The molecular weight excluding hydrogens is 316 g/mol. The van der Waals surface area contributed by atoms with E-state index in [0.29, 0.717) is 25.4 Å². The zero-order chi connectivity index (χ0) is 18.1.